The summed E-state index contributed by atoms with van der Waals surface area (Å²) in [5.41, 5.74) is 3.10. The fraction of sp³-hybridized carbons (Fsp3) is 0.370. The van der Waals surface area contributed by atoms with Crippen LogP contribution in [0.25, 0.3) is 0 Å². The molecule has 4 rings (SSSR count). The minimum absolute atomic E-state index is 0.229. The number of carboxylic acid groups (broad SMARTS) is 1. The molecule has 4 N–H and O–H groups in total. The molecular formula is C27H34ClN7O4S. The lowest BCUT2D eigenvalue weighted by molar-refractivity contribution is -0.137. The Bertz CT molecular complexity index is 1290. The molecule has 2 heterocycles. The van der Waals surface area contributed by atoms with Gasteiger partial charge in [-0.25, -0.2) is 9.71 Å². The predicted octanol–water partition coefficient (Wildman–Crippen LogP) is 4.71. The Morgan fingerprint density at radius 1 is 1.10 bits per heavy atom. The summed E-state index contributed by atoms with van der Waals surface area (Å²) >= 11 is 5.14. The van der Waals surface area contributed by atoms with Gasteiger partial charge in [-0.2, -0.15) is 4.98 Å². The minimum atomic E-state index is -1.24. The van der Waals surface area contributed by atoms with Crippen LogP contribution in [0, 0.1) is 0 Å². The molecule has 1 unspecified atom stereocenters. The second kappa shape index (κ2) is 14.3. The third kappa shape index (κ3) is 8.28. The molecule has 1 aliphatic rings. The number of carbonyl (C=O) groups is 1. The number of methoxy groups -OCH3 is 1. The molecule has 13 heteroatoms. The number of nitrogens with one attached hydrogen (secondary N) is 3. The fourth-order valence-electron chi connectivity index (χ4n) is 4.42. The standard InChI is InChI=1S/C27H34ClN7O4S/c1-39-24-17-19(35-15-13-34(14-16-35)12-6-5-9-25(36)37)10-11-23(24)31-27-29-18-20(28)26(32-27)30-21-7-3-4-8-22(21)33-40(2)38/h3-4,7-8,10-11,17-18,33H,5-6,9,12-16H2,1-2H3,(H,36,37)(H2,29,30,31,32). The van der Waals surface area contributed by atoms with Crippen molar-refractivity contribution in [2.75, 3.05) is 66.3 Å². The molecule has 1 aromatic heterocycles. The monoisotopic (exact) mass is 587 g/mol. The molecule has 1 fully saturated rings. The molecule has 1 aliphatic heterocycles. The van der Waals surface area contributed by atoms with Gasteiger partial charge in [-0.05, 0) is 43.7 Å². The first-order valence-electron chi connectivity index (χ1n) is 12.9. The lowest BCUT2D eigenvalue weighted by atomic mass is 10.2. The van der Waals surface area contributed by atoms with Crippen LogP contribution in [0.4, 0.5) is 34.5 Å². The number of halogens is 1. The van der Waals surface area contributed by atoms with E-state index >= 15 is 0 Å². The molecule has 0 radical (unpaired) electrons. The first-order valence-corrected chi connectivity index (χ1v) is 14.9. The quantitative estimate of drug-likeness (QED) is 0.163. The van der Waals surface area contributed by atoms with Crippen LogP contribution in [-0.4, -0.2) is 76.6 Å². The number of rotatable bonds is 13. The van der Waals surface area contributed by atoms with Gasteiger partial charge in [0.1, 0.15) is 22.7 Å². The highest BCUT2D eigenvalue weighted by molar-refractivity contribution is 7.92. The number of unbranched alkanes of at least 4 members (excludes halogenated alkanes) is 1. The SMILES string of the molecule is COc1cc(N2CCN(CCCCC(=O)O)CC2)ccc1Nc1ncc(Cl)c(Nc2ccccc2N[S+](C)[O-])n1. The van der Waals surface area contributed by atoms with Crippen LogP contribution in [0.15, 0.2) is 48.7 Å². The molecule has 0 aliphatic carbocycles. The Kier molecular flexibility index (Phi) is 10.5. The van der Waals surface area contributed by atoms with Crippen LogP contribution in [0.1, 0.15) is 19.3 Å². The second-order valence-corrected chi connectivity index (χ2v) is 10.8. The Balaban J connectivity index is 1.40. The van der Waals surface area contributed by atoms with Crippen molar-refractivity contribution in [2.24, 2.45) is 0 Å². The number of hydrogen-bond acceptors (Lipinski definition) is 10. The zero-order valence-corrected chi connectivity index (χ0v) is 24.1. The van der Waals surface area contributed by atoms with Crippen LogP contribution >= 0.6 is 11.6 Å². The number of nitrogens with zero attached hydrogens (tertiary/aromatic N) is 4. The third-order valence-electron chi connectivity index (χ3n) is 6.46. The predicted molar refractivity (Wildman–Crippen MR) is 161 cm³/mol. The van der Waals surface area contributed by atoms with Crippen LogP contribution in [0.5, 0.6) is 5.75 Å². The normalized spacial score (nSPS) is 14.4. The second-order valence-electron chi connectivity index (χ2n) is 9.31. The maximum Gasteiger partial charge on any atom is 0.303 e. The number of anilines is 6. The summed E-state index contributed by atoms with van der Waals surface area (Å²) in [5, 5.41) is 15.5. The summed E-state index contributed by atoms with van der Waals surface area (Å²) in [6.07, 6.45) is 4.90. The average Bonchev–Trinajstić information content (AvgIpc) is 2.94. The number of piperazine rings is 1. The van der Waals surface area contributed by atoms with E-state index in [2.05, 4.69) is 35.1 Å². The van der Waals surface area contributed by atoms with E-state index in [9.17, 15) is 9.35 Å². The van der Waals surface area contributed by atoms with Crippen molar-refractivity contribution in [3.8, 4) is 5.75 Å². The van der Waals surface area contributed by atoms with E-state index in [1.54, 1.807) is 13.4 Å². The van der Waals surface area contributed by atoms with Crippen molar-refractivity contribution in [3.63, 3.8) is 0 Å². The molecule has 0 saturated carbocycles. The number of carboxylic acids is 1. The van der Waals surface area contributed by atoms with E-state index in [0.717, 1.165) is 44.8 Å². The topological polar surface area (TPSA) is 138 Å². The lowest BCUT2D eigenvalue weighted by Gasteiger charge is -2.36. The number of para-hydroxylation sites is 2. The summed E-state index contributed by atoms with van der Waals surface area (Å²) < 4.78 is 20.3. The third-order valence-corrected chi connectivity index (χ3v) is 7.25. The minimum Gasteiger partial charge on any atom is -0.593 e. The van der Waals surface area contributed by atoms with Gasteiger partial charge < -0.3 is 29.9 Å². The molecular weight excluding hydrogens is 554 g/mol. The van der Waals surface area contributed by atoms with Gasteiger partial charge in [0.2, 0.25) is 5.95 Å². The van der Waals surface area contributed by atoms with E-state index in [-0.39, 0.29) is 6.42 Å². The van der Waals surface area contributed by atoms with Gasteiger partial charge in [-0.15, -0.1) is 0 Å². The number of hydrogen-bond donors (Lipinski definition) is 4. The zero-order chi connectivity index (χ0) is 28.5. The van der Waals surface area contributed by atoms with Gasteiger partial charge in [0, 0.05) is 44.4 Å². The molecule has 40 heavy (non-hydrogen) atoms. The van der Waals surface area contributed by atoms with Gasteiger partial charge in [-0.1, -0.05) is 23.7 Å². The Morgan fingerprint density at radius 3 is 2.55 bits per heavy atom. The number of benzene rings is 2. The maximum atomic E-state index is 11.7. The van der Waals surface area contributed by atoms with Crippen LogP contribution < -0.4 is 25.0 Å². The van der Waals surface area contributed by atoms with Crippen molar-refractivity contribution < 1.29 is 19.2 Å². The van der Waals surface area contributed by atoms with E-state index < -0.39 is 17.3 Å². The van der Waals surface area contributed by atoms with Gasteiger partial charge in [0.15, 0.2) is 5.82 Å². The van der Waals surface area contributed by atoms with Crippen molar-refractivity contribution in [3.05, 3.63) is 53.7 Å². The molecule has 11 nitrogen and oxygen atoms in total. The van der Waals surface area contributed by atoms with Crippen molar-refractivity contribution in [1.82, 2.24) is 14.9 Å². The molecule has 0 spiro atoms. The van der Waals surface area contributed by atoms with E-state index in [4.69, 9.17) is 21.4 Å². The molecule has 214 valence electrons. The molecule has 0 amide bonds. The Labute approximate surface area is 242 Å². The van der Waals surface area contributed by atoms with E-state index in [0.29, 0.717) is 46.0 Å². The molecule has 1 atom stereocenters. The van der Waals surface area contributed by atoms with Gasteiger partial charge in [0.25, 0.3) is 0 Å². The average molecular weight is 588 g/mol. The largest absolute Gasteiger partial charge is 0.593 e. The summed E-state index contributed by atoms with van der Waals surface area (Å²) in [4.78, 5) is 24.3. The smallest absolute Gasteiger partial charge is 0.303 e. The summed E-state index contributed by atoms with van der Waals surface area (Å²) in [6, 6.07) is 13.3. The first kappa shape index (κ1) is 29.5. The number of aromatic nitrogens is 2. The number of ether oxygens (including phenoxy) is 1. The van der Waals surface area contributed by atoms with Gasteiger partial charge in [0.05, 0.1) is 36.0 Å². The van der Waals surface area contributed by atoms with E-state index in [1.165, 1.54) is 6.20 Å². The lowest BCUT2D eigenvalue weighted by Crippen LogP contribution is -2.46. The van der Waals surface area contributed by atoms with Crippen molar-refractivity contribution >= 4 is 63.4 Å². The Hall–Kier alpha value is -3.45. The van der Waals surface area contributed by atoms with Crippen molar-refractivity contribution in [1.29, 1.82) is 0 Å². The highest BCUT2D eigenvalue weighted by Crippen LogP contribution is 2.33. The molecule has 2 aromatic carbocycles. The Morgan fingerprint density at radius 2 is 1.85 bits per heavy atom. The highest BCUT2D eigenvalue weighted by atomic mass is 35.5. The molecule has 3 aromatic rings. The maximum absolute atomic E-state index is 11.7. The summed E-state index contributed by atoms with van der Waals surface area (Å²) in [6.45, 7) is 4.54. The molecule has 0 bridgehead atoms. The zero-order valence-electron chi connectivity index (χ0n) is 22.5. The first-order chi connectivity index (χ1) is 19.3. The van der Waals surface area contributed by atoms with Crippen molar-refractivity contribution in [2.45, 2.75) is 19.3 Å². The molecule has 1 saturated heterocycles. The van der Waals surface area contributed by atoms with Gasteiger partial charge >= 0.3 is 5.97 Å². The summed E-state index contributed by atoms with van der Waals surface area (Å²) in [7, 11) is 1.62. The van der Waals surface area contributed by atoms with Crippen LogP contribution in [-0.2, 0) is 16.2 Å². The van der Waals surface area contributed by atoms with Crippen LogP contribution in [0.3, 0.4) is 0 Å². The van der Waals surface area contributed by atoms with Gasteiger partial charge in [-0.3, -0.25) is 9.69 Å². The van der Waals surface area contributed by atoms with Crippen LogP contribution in [0.2, 0.25) is 5.02 Å². The summed E-state index contributed by atoms with van der Waals surface area (Å²) in [5.74, 6) is 0.647. The number of aliphatic carboxylic acids is 1. The van der Waals surface area contributed by atoms with E-state index in [1.807, 2.05) is 42.5 Å². The fourth-order valence-corrected chi connectivity index (χ4v) is 5.05. The highest BCUT2D eigenvalue weighted by Gasteiger charge is 2.19.